The van der Waals surface area contributed by atoms with Crippen LogP contribution in [0.1, 0.15) is 53.9 Å². The van der Waals surface area contributed by atoms with E-state index < -0.39 is 8.32 Å². The minimum absolute atomic E-state index is 0.189. The van der Waals surface area contributed by atoms with Crippen molar-refractivity contribution in [1.82, 2.24) is 0 Å². The third kappa shape index (κ3) is 5.20. The first kappa shape index (κ1) is 18.9. The summed E-state index contributed by atoms with van der Waals surface area (Å²) in [6, 6.07) is 0. The van der Waals surface area contributed by atoms with E-state index in [2.05, 4.69) is 59.9 Å². The van der Waals surface area contributed by atoms with Crippen molar-refractivity contribution in [3.63, 3.8) is 0 Å². The summed E-state index contributed by atoms with van der Waals surface area (Å²) in [5, 5.41) is 0.269. The van der Waals surface area contributed by atoms with E-state index in [0.717, 1.165) is 19.3 Å². The third-order valence-electron chi connectivity index (χ3n) is 4.90. The van der Waals surface area contributed by atoms with Crippen molar-refractivity contribution >= 4 is 8.32 Å². The first-order chi connectivity index (χ1) is 9.66. The predicted octanol–water partition coefficient (Wildman–Crippen LogP) is 4.89. The second-order valence-electron chi connectivity index (χ2n) is 7.45. The molecule has 0 spiro atoms. The average Bonchev–Trinajstić information content (AvgIpc) is 2.81. The van der Waals surface area contributed by atoms with Gasteiger partial charge in [-0.15, -0.1) is 0 Å². The summed E-state index contributed by atoms with van der Waals surface area (Å²) in [5.41, 5.74) is 0. The lowest BCUT2D eigenvalue weighted by Gasteiger charge is -2.35. The van der Waals surface area contributed by atoms with Crippen molar-refractivity contribution in [2.24, 2.45) is 0 Å². The zero-order valence-electron chi connectivity index (χ0n) is 15.0. The SMILES string of the molecule is CCC1(CC)OC[C@H](C/C=C/CO[Si](C)(C)C(C)(C)C)O1. The zero-order valence-corrected chi connectivity index (χ0v) is 16.0. The van der Waals surface area contributed by atoms with Gasteiger partial charge < -0.3 is 13.9 Å². The van der Waals surface area contributed by atoms with Gasteiger partial charge in [-0.25, -0.2) is 0 Å². The molecule has 0 aromatic carbocycles. The molecule has 0 aromatic heterocycles. The summed E-state index contributed by atoms with van der Waals surface area (Å²) in [4.78, 5) is 0. The van der Waals surface area contributed by atoms with Crippen LogP contribution in [0.15, 0.2) is 12.2 Å². The van der Waals surface area contributed by atoms with Crippen molar-refractivity contribution in [1.29, 1.82) is 0 Å². The highest BCUT2D eigenvalue weighted by molar-refractivity contribution is 6.74. The van der Waals surface area contributed by atoms with Crippen LogP contribution < -0.4 is 0 Å². The summed E-state index contributed by atoms with van der Waals surface area (Å²) < 4.78 is 18.0. The van der Waals surface area contributed by atoms with Crippen molar-refractivity contribution in [2.75, 3.05) is 13.2 Å². The molecule has 21 heavy (non-hydrogen) atoms. The molecule has 0 saturated carbocycles. The number of hydrogen-bond acceptors (Lipinski definition) is 3. The molecule has 0 amide bonds. The Morgan fingerprint density at radius 3 is 2.29 bits per heavy atom. The highest BCUT2D eigenvalue weighted by Gasteiger charge is 2.38. The number of ether oxygens (including phenoxy) is 2. The molecule has 0 aromatic rings. The van der Waals surface area contributed by atoms with Gasteiger partial charge >= 0.3 is 0 Å². The Kier molecular flexibility index (Phi) is 6.66. The van der Waals surface area contributed by atoms with Gasteiger partial charge in [0.25, 0.3) is 0 Å². The summed E-state index contributed by atoms with van der Waals surface area (Å²) >= 11 is 0. The molecular formula is C17H34O3Si. The van der Waals surface area contributed by atoms with E-state index in [-0.39, 0.29) is 16.9 Å². The molecular weight excluding hydrogens is 280 g/mol. The van der Waals surface area contributed by atoms with E-state index in [0.29, 0.717) is 13.2 Å². The van der Waals surface area contributed by atoms with Gasteiger partial charge in [-0.2, -0.15) is 0 Å². The van der Waals surface area contributed by atoms with Crippen LogP contribution >= 0.6 is 0 Å². The largest absolute Gasteiger partial charge is 0.413 e. The van der Waals surface area contributed by atoms with Gasteiger partial charge in [0.05, 0.1) is 19.3 Å². The fourth-order valence-corrected chi connectivity index (χ4v) is 3.09. The minimum Gasteiger partial charge on any atom is -0.413 e. The molecule has 1 aliphatic rings. The maximum Gasteiger partial charge on any atom is 0.192 e. The minimum atomic E-state index is -1.63. The van der Waals surface area contributed by atoms with Crippen LogP contribution in [-0.4, -0.2) is 33.4 Å². The van der Waals surface area contributed by atoms with Crippen molar-refractivity contribution in [3.05, 3.63) is 12.2 Å². The molecule has 1 saturated heterocycles. The van der Waals surface area contributed by atoms with E-state index in [1.165, 1.54) is 0 Å². The highest BCUT2D eigenvalue weighted by atomic mass is 28.4. The molecule has 1 aliphatic heterocycles. The fourth-order valence-electron chi connectivity index (χ4n) is 2.14. The first-order valence-corrected chi connectivity index (χ1v) is 11.2. The maximum atomic E-state index is 6.12. The summed E-state index contributed by atoms with van der Waals surface area (Å²) in [5.74, 6) is -0.337. The lowest BCUT2D eigenvalue weighted by atomic mass is 10.1. The maximum absolute atomic E-state index is 6.12. The Morgan fingerprint density at radius 2 is 1.81 bits per heavy atom. The monoisotopic (exact) mass is 314 g/mol. The Labute approximate surface area is 132 Å². The molecule has 0 N–H and O–H groups in total. The van der Waals surface area contributed by atoms with Gasteiger partial charge in [0, 0.05) is 0 Å². The average molecular weight is 315 g/mol. The van der Waals surface area contributed by atoms with Gasteiger partial charge in [0.1, 0.15) is 0 Å². The van der Waals surface area contributed by atoms with Crippen molar-refractivity contribution in [3.8, 4) is 0 Å². The summed E-state index contributed by atoms with van der Waals surface area (Å²) in [7, 11) is -1.63. The Morgan fingerprint density at radius 1 is 1.19 bits per heavy atom. The van der Waals surface area contributed by atoms with Gasteiger partial charge in [0.15, 0.2) is 14.1 Å². The molecule has 0 radical (unpaired) electrons. The molecule has 1 rings (SSSR count). The van der Waals surface area contributed by atoms with E-state index >= 15 is 0 Å². The van der Waals surface area contributed by atoms with Crippen LogP contribution in [0.25, 0.3) is 0 Å². The topological polar surface area (TPSA) is 27.7 Å². The number of hydrogen-bond donors (Lipinski definition) is 0. The van der Waals surface area contributed by atoms with Crippen LogP contribution in [0.4, 0.5) is 0 Å². The first-order valence-electron chi connectivity index (χ1n) is 8.26. The fraction of sp³-hybridized carbons (Fsp3) is 0.882. The standard InChI is InChI=1S/C17H34O3Si/c1-8-17(9-2)18-14-15(20-17)12-10-11-13-19-21(6,7)16(3,4)5/h10-11,15H,8-9,12-14H2,1-7H3/b11-10+/t15-/m0/s1. The predicted molar refractivity (Wildman–Crippen MR) is 91.0 cm³/mol. The molecule has 124 valence electrons. The van der Waals surface area contributed by atoms with Crippen LogP contribution in [0, 0.1) is 0 Å². The van der Waals surface area contributed by atoms with Crippen LogP contribution in [0.3, 0.4) is 0 Å². The van der Waals surface area contributed by atoms with Gasteiger partial charge in [-0.1, -0.05) is 46.8 Å². The third-order valence-corrected chi connectivity index (χ3v) is 9.40. The molecule has 1 atom stereocenters. The van der Waals surface area contributed by atoms with Gasteiger partial charge in [0.2, 0.25) is 0 Å². The van der Waals surface area contributed by atoms with Gasteiger partial charge in [-0.3, -0.25) is 0 Å². The highest BCUT2D eigenvalue weighted by Crippen LogP contribution is 2.36. The second-order valence-corrected chi connectivity index (χ2v) is 12.3. The summed E-state index contributed by atoms with van der Waals surface area (Å²) in [6.45, 7) is 17.0. The van der Waals surface area contributed by atoms with Crippen molar-refractivity contribution in [2.45, 2.75) is 83.9 Å². The van der Waals surface area contributed by atoms with E-state index in [4.69, 9.17) is 13.9 Å². The normalized spacial score (nSPS) is 23.1. The molecule has 0 aliphatic carbocycles. The zero-order chi connectivity index (χ0) is 16.1. The van der Waals surface area contributed by atoms with E-state index in [1.54, 1.807) is 0 Å². The summed E-state index contributed by atoms with van der Waals surface area (Å²) in [6.07, 6.45) is 7.22. The smallest absolute Gasteiger partial charge is 0.192 e. The second kappa shape index (κ2) is 7.40. The Balaban J connectivity index is 2.31. The lowest BCUT2D eigenvalue weighted by Crippen LogP contribution is -2.40. The molecule has 1 fully saturated rings. The van der Waals surface area contributed by atoms with E-state index in [9.17, 15) is 0 Å². The Hall–Kier alpha value is -0.163. The Bertz CT molecular complexity index is 340. The lowest BCUT2D eigenvalue weighted by molar-refractivity contribution is -0.171. The molecule has 3 nitrogen and oxygen atoms in total. The van der Waals surface area contributed by atoms with Crippen LogP contribution in [0.5, 0.6) is 0 Å². The van der Waals surface area contributed by atoms with Crippen LogP contribution in [0.2, 0.25) is 18.1 Å². The van der Waals surface area contributed by atoms with E-state index in [1.807, 2.05) is 0 Å². The van der Waals surface area contributed by atoms with Crippen LogP contribution in [-0.2, 0) is 13.9 Å². The number of rotatable bonds is 7. The molecule has 4 heteroatoms. The molecule has 0 bridgehead atoms. The quantitative estimate of drug-likeness (QED) is 0.495. The van der Waals surface area contributed by atoms with Gasteiger partial charge in [-0.05, 0) is 37.4 Å². The molecule has 1 heterocycles. The van der Waals surface area contributed by atoms with Crippen molar-refractivity contribution < 1.29 is 13.9 Å². The molecule has 0 unspecified atom stereocenters.